The van der Waals surface area contributed by atoms with Crippen LogP contribution in [0.2, 0.25) is 0 Å². The molecule has 1 aliphatic rings. The fourth-order valence-corrected chi connectivity index (χ4v) is 2.76. The summed E-state index contributed by atoms with van der Waals surface area (Å²) in [4.78, 5) is 12.2. The van der Waals surface area contributed by atoms with Crippen LogP contribution in [0.1, 0.15) is 36.0 Å². The molecule has 0 saturated heterocycles. The lowest BCUT2D eigenvalue weighted by Crippen LogP contribution is -2.45. The number of ether oxygens (including phenoxy) is 1. The third-order valence-electron chi connectivity index (χ3n) is 3.46. The van der Waals surface area contributed by atoms with Crippen molar-refractivity contribution in [2.75, 3.05) is 7.11 Å². The minimum atomic E-state index is -0.443. The Labute approximate surface area is 121 Å². The van der Waals surface area contributed by atoms with Crippen LogP contribution < -0.4 is 10.1 Å². The molecule has 19 heavy (non-hydrogen) atoms. The molecular formula is C14H18BrNO3. The molecule has 4 nitrogen and oxygen atoms in total. The van der Waals surface area contributed by atoms with Gasteiger partial charge >= 0.3 is 0 Å². The quantitative estimate of drug-likeness (QED) is 0.896. The van der Waals surface area contributed by atoms with Gasteiger partial charge in [-0.2, -0.15) is 0 Å². The largest absolute Gasteiger partial charge is 0.497 e. The number of methoxy groups -OCH3 is 1. The maximum Gasteiger partial charge on any atom is 0.252 e. The Bertz CT molecular complexity index is 464. The lowest BCUT2D eigenvalue weighted by atomic mass is 9.92. The molecule has 0 aliphatic heterocycles. The number of aliphatic hydroxyl groups is 1. The number of hydrogen-bond acceptors (Lipinski definition) is 3. The van der Waals surface area contributed by atoms with Crippen molar-refractivity contribution in [3.8, 4) is 5.75 Å². The number of halogens is 1. The molecule has 2 atom stereocenters. The minimum Gasteiger partial charge on any atom is -0.497 e. The first-order chi connectivity index (χ1) is 9.11. The highest BCUT2D eigenvalue weighted by molar-refractivity contribution is 9.10. The lowest BCUT2D eigenvalue weighted by molar-refractivity contribution is 0.0716. The highest BCUT2D eigenvalue weighted by Crippen LogP contribution is 2.24. The molecule has 1 aromatic carbocycles. The standard InChI is InChI=1S/C14H18BrNO3/c1-19-9-6-7-11(15)10(8-9)14(18)16-12-4-2-3-5-13(12)17/h6-8,12-13,17H,2-5H2,1H3,(H,16,18). The van der Waals surface area contributed by atoms with Gasteiger partial charge in [0.05, 0.1) is 24.8 Å². The van der Waals surface area contributed by atoms with E-state index in [-0.39, 0.29) is 11.9 Å². The van der Waals surface area contributed by atoms with E-state index in [1.807, 2.05) is 0 Å². The zero-order valence-electron chi connectivity index (χ0n) is 10.9. The fraction of sp³-hybridized carbons (Fsp3) is 0.500. The summed E-state index contributed by atoms with van der Waals surface area (Å²) in [6.45, 7) is 0. The van der Waals surface area contributed by atoms with E-state index in [9.17, 15) is 9.90 Å². The molecule has 2 rings (SSSR count). The molecule has 0 aromatic heterocycles. The molecule has 0 spiro atoms. The Balaban J connectivity index is 2.10. The van der Waals surface area contributed by atoms with E-state index in [1.54, 1.807) is 25.3 Å². The van der Waals surface area contributed by atoms with Gasteiger partial charge in [0, 0.05) is 4.47 Å². The Kier molecular flexibility index (Phi) is 4.82. The molecule has 0 bridgehead atoms. The molecule has 1 fully saturated rings. The Morgan fingerprint density at radius 2 is 2.16 bits per heavy atom. The molecule has 2 N–H and O–H groups in total. The summed E-state index contributed by atoms with van der Waals surface area (Å²) in [6, 6.07) is 5.11. The summed E-state index contributed by atoms with van der Waals surface area (Å²) in [6.07, 6.45) is 3.21. The zero-order chi connectivity index (χ0) is 13.8. The number of aliphatic hydroxyl groups excluding tert-OH is 1. The van der Waals surface area contributed by atoms with Crippen molar-refractivity contribution in [2.24, 2.45) is 0 Å². The van der Waals surface area contributed by atoms with E-state index < -0.39 is 6.10 Å². The van der Waals surface area contributed by atoms with Gasteiger partial charge in [0.15, 0.2) is 0 Å². The van der Waals surface area contributed by atoms with Gasteiger partial charge in [-0.3, -0.25) is 4.79 Å². The van der Waals surface area contributed by atoms with Crippen molar-refractivity contribution in [1.82, 2.24) is 5.32 Å². The average Bonchev–Trinajstić information content (AvgIpc) is 2.42. The Morgan fingerprint density at radius 3 is 2.84 bits per heavy atom. The van der Waals surface area contributed by atoms with Crippen molar-refractivity contribution in [2.45, 2.75) is 37.8 Å². The van der Waals surface area contributed by atoms with Gasteiger partial charge in [0.25, 0.3) is 5.91 Å². The molecule has 0 radical (unpaired) electrons. The first-order valence-corrected chi connectivity index (χ1v) is 7.23. The van der Waals surface area contributed by atoms with Crippen LogP contribution in [0.4, 0.5) is 0 Å². The number of rotatable bonds is 3. The third kappa shape index (κ3) is 3.48. The van der Waals surface area contributed by atoms with E-state index in [1.165, 1.54) is 0 Å². The molecule has 5 heteroatoms. The van der Waals surface area contributed by atoms with Crippen molar-refractivity contribution in [3.05, 3.63) is 28.2 Å². The van der Waals surface area contributed by atoms with Crippen LogP contribution in [0.5, 0.6) is 5.75 Å². The number of nitrogens with one attached hydrogen (secondary N) is 1. The third-order valence-corrected chi connectivity index (χ3v) is 4.16. The molecule has 1 saturated carbocycles. The normalized spacial score (nSPS) is 22.9. The van der Waals surface area contributed by atoms with Crippen LogP contribution in [0.25, 0.3) is 0 Å². The first kappa shape index (κ1) is 14.3. The van der Waals surface area contributed by atoms with E-state index in [0.717, 1.165) is 30.2 Å². The van der Waals surface area contributed by atoms with Gasteiger partial charge in [-0.15, -0.1) is 0 Å². The van der Waals surface area contributed by atoms with Crippen LogP contribution >= 0.6 is 15.9 Å². The van der Waals surface area contributed by atoms with Crippen LogP contribution in [-0.4, -0.2) is 30.3 Å². The molecule has 1 aromatic rings. The SMILES string of the molecule is COc1ccc(Br)c(C(=O)NC2CCCCC2O)c1. The van der Waals surface area contributed by atoms with Crippen molar-refractivity contribution < 1.29 is 14.6 Å². The van der Waals surface area contributed by atoms with Crippen LogP contribution in [-0.2, 0) is 0 Å². The van der Waals surface area contributed by atoms with Crippen molar-refractivity contribution in [1.29, 1.82) is 0 Å². The number of carbonyl (C=O) groups is 1. The van der Waals surface area contributed by atoms with Gasteiger partial charge in [-0.05, 0) is 47.0 Å². The first-order valence-electron chi connectivity index (χ1n) is 6.44. The van der Waals surface area contributed by atoms with Gasteiger partial charge < -0.3 is 15.2 Å². The lowest BCUT2D eigenvalue weighted by Gasteiger charge is -2.28. The second-order valence-corrected chi connectivity index (χ2v) is 5.63. The topological polar surface area (TPSA) is 58.6 Å². The van der Waals surface area contributed by atoms with Crippen molar-refractivity contribution in [3.63, 3.8) is 0 Å². The maximum absolute atomic E-state index is 12.2. The van der Waals surface area contributed by atoms with Crippen molar-refractivity contribution >= 4 is 21.8 Å². The summed E-state index contributed by atoms with van der Waals surface area (Å²) >= 11 is 3.36. The van der Waals surface area contributed by atoms with Gasteiger partial charge in [-0.1, -0.05) is 12.8 Å². The molecule has 0 heterocycles. The molecule has 1 aliphatic carbocycles. The Hall–Kier alpha value is -1.07. The predicted molar refractivity (Wildman–Crippen MR) is 76.4 cm³/mol. The van der Waals surface area contributed by atoms with E-state index in [0.29, 0.717) is 11.3 Å². The van der Waals surface area contributed by atoms with E-state index in [4.69, 9.17) is 4.74 Å². The number of amides is 1. The maximum atomic E-state index is 12.2. The molecular weight excluding hydrogens is 310 g/mol. The summed E-state index contributed by atoms with van der Waals surface area (Å²) in [7, 11) is 1.57. The highest BCUT2D eigenvalue weighted by Gasteiger charge is 2.25. The zero-order valence-corrected chi connectivity index (χ0v) is 12.4. The Morgan fingerprint density at radius 1 is 1.42 bits per heavy atom. The van der Waals surface area contributed by atoms with Crippen LogP contribution in [0, 0.1) is 0 Å². The number of hydrogen-bond donors (Lipinski definition) is 2. The summed E-state index contributed by atoms with van der Waals surface area (Å²) in [5, 5.41) is 12.8. The molecule has 104 valence electrons. The summed E-state index contributed by atoms with van der Waals surface area (Å²) in [5.41, 5.74) is 0.525. The number of benzene rings is 1. The average molecular weight is 328 g/mol. The second-order valence-electron chi connectivity index (χ2n) is 4.78. The smallest absolute Gasteiger partial charge is 0.252 e. The van der Waals surface area contributed by atoms with E-state index in [2.05, 4.69) is 21.2 Å². The fourth-order valence-electron chi connectivity index (χ4n) is 2.33. The molecule has 1 amide bonds. The van der Waals surface area contributed by atoms with Crippen LogP contribution in [0.3, 0.4) is 0 Å². The number of carbonyl (C=O) groups excluding carboxylic acids is 1. The minimum absolute atomic E-state index is 0.153. The van der Waals surface area contributed by atoms with Gasteiger partial charge in [0.1, 0.15) is 5.75 Å². The highest BCUT2D eigenvalue weighted by atomic mass is 79.9. The summed E-state index contributed by atoms with van der Waals surface area (Å²) < 4.78 is 5.84. The van der Waals surface area contributed by atoms with Gasteiger partial charge in [-0.25, -0.2) is 0 Å². The second kappa shape index (κ2) is 6.39. The molecule has 2 unspecified atom stereocenters. The summed E-state index contributed by atoms with van der Waals surface area (Å²) in [5.74, 6) is 0.453. The monoisotopic (exact) mass is 327 g/mol. The van der Waals surface area contributed by atoms with E-state index >= 15 is 0 Å². The van der Waals surface area contributed by atoms with Gasteiger partial charge in [0.2, 0.25) is 0 Å². The van der Waals surface area contributed by atoms with Crippen LogP contribution in [0.15, 0.2) is 22.7 Å². The predicted octanol–water partition coefficient (Wildman–Crippen LogP) is 2.49.